The second-order valence-corrected chi connectivity index (χ2v) is 3.96. The molecule has 2 aliphatic rings. The van der Waals surface area contributed by atoms with Crippen LogP contribution in [0.15, 0.2) is 0 Å². The first-order valence-corrected chi connectivity index (χ1v) is 4.64. The molecule has 0 N–H and O–H groups in total. The Morgan fingerprint density at radius 3 is 2.91 bits per heavy atom. The van der Waals surface area contributed by atoms with Crippen LogP contribution >= 0.6 is 0 Å². The van der Waals surface area contributed by atoms with E-state index in [1.54, 1.807) is 0 Å². The maximum Gasteiger partial charge on any atom is 0.0717 e. The molecular weight excluding hydrogens is 138 g/mol. The van der Waals surface area contributed by atoms with E-state index in [0.29, 0.717) is 12.1 Å². The second-order valence-electron chi connectivity index (χ2n) is 3.96. The van der Waals surface area contributed by atoms with Crippen LogP contribution in [0.5, 0.6) is 0 Å². The monoisotopic (exact) mass is 155 g/mol. The third-order valence-corrected chi connectivity index (χ3v) is 2.89. The highest BCUT2D eigenvalue weighted by Crippen LogP contribution is 2.28. The van der Waals surface area contributed by atoms with Gasteiger partial charge in [0.2, 0.25) is 0 Å². The molecule has 64 valence electrons. The standard InChI is InChI=1S/C9H17NO/c1-7(2)10-6-9-5-8(10)3-4-11-9/h7-9H,3-6H2,1-2H3. The number of likely N-dealkylation sites (tertiary alicyclic amines) is 1. The summed E-state index contributed by atoms with van der Waals surface area (Å²) in [6.07, 6.45) is 3.07. The molecule has 0 radical (unpaired) electrons. The van der Waals surface area contributed by atoms with Crippen molar-refractivity contribution in [1.82, 2.24) is 4.90 Å². The highest BCUT2D eigenvalue weighted by molar-refractivity contribution is 4.90. The van der Waals surface area contributed by atoms with Crippen LogP contribution in [-0.2, 0) is 4.74 Å². The summed E-state index contributed by atoms with van der Waals surface area (Å²) in [6.45, 7) is 6.71. The van der Waals surface area contributed by atoms with Crippen molar-refractivity contribution in [1.29, 1.82) is 0 Å². The summed E-state index contributed by atoms with van der Waals surface area (Å²) < 4.78 is 5.61. The van der Waals surface area contributed by atoms with Gasteiger partial charge in [-0.3, -0.25) is 4.90 Å². The van der Waals surface area contributed by atoms with Crippen LogP contribution in [0.4, 0.5) is 0 Å². The number of rotatable bonds is 1. The first-order valence-electron chi connectivity index (χ1n) is 4.64. The van der Waals surface area contributed by atoms with Crippen molar-refractivity contribution in [3.8, 4) is 0 Å². The lowest BCUT2D eigenvalue weighted by Gasteiger charge is -2.27. The number of hydrogen-bond donors (Lipinski definition) is 0. The van der Waals surface area contributed by atoms with Gasteiger partial charge in [0.1, 0.15) is 0 Å². The first-order chi connectivity index (χ1) is 5.27. The zero-order valence-corrected chi connectivity index (χ0v) is 7.42. The summed E-state index contributed by atoms with van der Waals surface area (Å²) in [5.74, 6) is 0. The SMILES string of the molecule is CC(C)N1CC2CC1CCO2. The summed E-state index contributed by atoms with van der Waals surface area (Å²) in [7, 11) is 0. The smallest absolute Gasteiger partial charge is 0.0717 e. The Bertz CT molecular complexity index is 146. The fourth-order valence-corrected chi connectivity index (χ4v) is 2.31. The van der Waals surface area contributed by atoms with Gasteiger partial charge < -0.3 is 4.74 Å². The normalized spacial score (nSPS) is 38.5. The zero-order valence-electron chi connectivity index (χ0n) is 7.42. The highest BCUT2D eigenvalue weighted by Gasteiger charge is 2.36. The van der Waals surface area contributed by atoms with E-state index >= 15 is 0 Å². The molecule has 0 aromatic heterocycles. The van der Waals surface area contributed by atoms with Gasteiger partial charge in [0, 0.05) is 25.2 Å². The van der Waals surface area contributed by atoms with Crippen molar-refractivity contribution in [3.05, 3.63) is 0 Å². The van der Waals surface area contributed by atoms with Gasteiger partial charge in [0.05, 0.1) is 6.10 Å². The van der Waals surface area contributed by atoms with Gasteiger partial charge in [-0.2, -0.15) is 0 Å². The van der Waals surface area contributed by atoms with E-state index in [4.69, 9.17) is 4.74 Å². The van der Waals surface area contributed by atoms with E-state index < -0.39 is 0 Å². The van der Waals surface area contributed by atoms with Crippen LogP contribution in [0.1, 0.15) is 26.7 Å². The zero-order chi connectivity index (χ0) is 7.84. The van der Waals surface area contributed by atoms with E-state index in [0.717, 1.165) is 12.6 Å². The van der Waals surface area contributed by atoms with Crippen LogP contribution in [0.25, 0.3) is 0 Å². The predicted octanol–water partition coefficient (Wildman–Crippen LogP) is 1.26. The van der Waals surface area contributed by atoms with Crippen molar-refractivity contribution in [3.63, 3.8) is 0 Å². The molecule has 2 saturated heterocycles. The van der Waals surface area contributed by atoms with Crippen molar-refractivity contribution in [2.75, 3.05) is 13.2 Å². The average molecular weight is 155 g/mol. The molecule has 0 saturated carbocycles. The third-order valence-electron chi connectivity index (χ3n) is 2.89. The molecule has 0 amide bonds. The molecule has 2 rings (SSSR count). The van der Waals surface area contributed by atoms with Gasteiger partial charge in [-0.05, 0) is 26.7 Å². The average Bonchev–Trinajstić information content (AvgIpc) is 2.27. The first kappa shape index (κ1) is 7.56. The van der Waals surface area contributed by atoms with Gasteiger partial charge in [-0.15, -0.1) is 0 Å². The minimum Gasteiger partial charge on any atom is -0.377 e. The molecule has 0 aromatic rings. The number of hydrogen-bond acceptors (Lipinski definition) is 2. The minimum absolute atomic E-state index is 0.552. The Labute approximate surface area is 68.5 Å². The molecular formula is C9H17NO. The molecule has 0 aliphatic carbocycles. The Kier molecular flexibility index (Phi) is 1.90. The van der Waals surface area contributed by atoms with Gasteiger partial charge in [0.25, 0.3) is 0 Å². The van der Waals surface area contributed by atoms with Gasteiger partial charge in [-0.1, -0.05) is 0 Å². The Morgan fingerprint density at radius 1 is 1.45 bits per heavy atom. The van der Waals surface area contributed by atoms with Crippen LogP contribution in [0.2, 0.25) is 0 Å². The Balaban J connectivity index is 2.03. The lowest BCUT2D eigenvalue weighted by atomic mass is 10.1. The van der Waals surface area contributed by atoms with E-state index in [2.05, 4.69) is 18.7 Å². The van der Waals surface area contributed by atoms with Crippen molar-refractivity contribution < 1.29 is 4.74 Å². The molecule has 2 heterocycles. The lowest BCUT2D eigenvalue weighted by Crippen LogP contribution is -2.35. The van der Waals surface area contributed by atoms with Crippen LogP contribution in [-0.4, -0.2) is 36.2 Å². The summed E-state index contributed by atoms with van der Waals surface area (Å²) in [5.41, 5.74) is 0. The topological polar surface area (TPSA) is 12.5 Å². The van der Waals surface area contributed by atoms with Crippen LogP contribution < -0.4 is 0 Å². The summed E-state index contributed by atoms with van der Waals surface area (Å²) in [6, 6.07) is 1.53. The fourth-order valence-electron chi connectivity index (χ4n) is 2.31. The summed E-state index contributed by atoms with van der Waals surface area (Å²) >= 11 is 0. The van der Waals surface area contributed by atoms with Gasteiger partial charge >= 0.3 is 0 Å². The van der Waals surface area contributed by atoms with Crippen molar-refractivity contribution in [2.24, 2.45) is 0 Å². The molecule has 2 bridgehead atoms. The molecule has 2 fully saturated rings. The van der Waals surface area contributed by atoms with Crippen molar-refractivity contribution in [2.45, 2.75) is 44.9 Å². The van der Waals surface area contributed by atoms with E-state index in [-0.39, 0.29) is 0 Å². The van der Waals surface area contributed by atoms with Crippen molar-refractivity contribution >= 4 is 0 Å². The minimum atomic E-state index is 0.552. The van der Waals surface area contributed by atoms with E-state index in [1.807, 2.05) is 0 Å². The summed E-state index contributed by atoms with van der Waals surface area (Å²) in [5, 5.41) is 0. The third kappa shape index (κ3) is 1.30. The maximum atomic E-state index is 5.61. The van der Waals surface area contributed by atoms with E-state index in [9.17, 15) is 0 Å². The highest BCUT2D eigenvalue weighted by atomic mass is 16.5. The summed E-state index contributed by atoms with van der Waals surface area (Å²) in [4.78, 5) is 2.58. The number of fused-ring (bicyclic) bond motifs is 2. The molecule has 2 heteroatoms. The second kappa shape index (κ2) is 2.76. The molecule has 2 aliphatic heterocycles. The molecule has 0 aromatic carbocycles. The maximum absolute atomic E-state index is 5.61. The van der Waals surface area contributed by atoms with Gasteiger partial charge in [0.15, 0.2) is 0 Å². The molecule has 0 spiro atoms. The Morgan fingerprint density at radius 2 is 2.27 bits per heavy atom. The Hall–Kier alpha value is -0.0800. The largest absolute Gasteiger partial charge is 0.377 e. The molecule has 2 nitrogen and oxygen atoms in total. The number of nitrogens with zero attached hydrogens (tertiary/aromatic N) is 1. The predicted molar refractivity (Wildman–Crippen MR) is 44.6 cm³/mol. The quantitative estimate of drug-likeness (QED) is 0.565. The lowest BCUT2D eigenvalue weighted by molar-refractivity contribution is 0.0418. The van der Waals surface area contributed by atoms with Crippen LogP contribution in [0.3, 0.4) is 0 Å². The fraction of sp³-hybridized carbons (Fsp3) is 1.00. The number of ether oxygens (including phenoxy) is 1. The van der Waals surface area contributed by atoms with E-state index in [1.165, 1.54) is 19.4 Å². The molecule has 2 unspecified atom stereocenters. The van der Waals surface area contributed by atoms with Crippen LogP contribution in [0, 0.1) is 0 Å². The molecule has 11 heavy (non-hydrogen) atoms. The van der Waals surface area contributed by atoms with Gasteiger partial charge in [-0.25, -0.2) is 0 Å². The molecule has 2 atom stereocenters.